The van der Waals surface area contributed by atoms with Crippen molar-refractivity contribution in [3.05, 3.63) is 29.8 Å². The molecule has 0 fully saturated rings. The van der Waals surface area contributed by atoms with Crippen molar-refractivity contribution in [2.75, 3.05) is 5.75 Å². The first-order valence-electron chi connectivity index (χ1n) is 6.64. The van der Waals surface area contributed by atoms with Crippen LogP contribution in [0.5, 0.6) is 0 Å². The molecule has 0 atom stereocenters. The van der Waals surface area contributed by atoms with Crippen LogP contribution in [0.4, 0.5) is 0 Å². The average Bonchev–Trinajstić information content (AvgIpc) is 2.38. The lowest BCUT2D eigenvalue weighted by Gasteiger charge is -2.14. The predicted octanol–water partition coefficient (Wildman–Crippen LogP) is 3.78. The van der Waals surface area contributed by atoms with E-state index in [1.54, 1.807) is 11.8 Å². The molecule has 0 saturated carbocycles. The number of benzene rings is 1. The first kappa shape index (κ1) is 15.1. The highest BCUT2D eigenvalue weighted by molar-refractivity contribution is 7.99. The quantitative estimate of drug-likeness (QED) is 0.760. The number of thioether (sulfide) groups is 1. The van der Waals surface area contributed by atoms with E-state index in [2.05, 4.69) is 50.4 Å². The summed E-state index contributed by atoms with van der Waals surface area (Å²) in [5.41, 5.74) is 1.27. The number of amides is 1. The first-order chi connectivity index (χ1) is 8.65. The Morgan fingerprint density at radius 1 is 1.22 bits per heavy atom. The van der Waals surface area contributed by atoms with Gasteiger partial charge in [-0.05, 0) is 31.9 Å². The molecule has 2 nitrogen and oxygen atoms in total. The number of hydrogen-bond acceptors (Lipinski definition) is 2. The number of nitrogens with one attached hydrogen (secondary N) is 1. The van der Waals surface area contributed by atoms with E-state index in [-0.39, 0.29) is 5.91 Å². The second kappa shape index (κ2) is 8.20. The fourth-order valence-corrected chi connectivity index (χ4v) is 2.54. The number of aryl methyl sites for hydroxylation is 1. The van der Waals surface area contributed by atoms with E-state index in [0.29, 0.717) is 12.5 Å². The zero-order chi connectivity index (χ0) is 13.4. The maximum Gasteiger partial charge on any atom is 0.221 e. The fourth-order valence-electron chi connectivity index (χ4n) is 1.69. The molecule has 18 heavy (non-hydrogen) atoms. The standard InChI is InChI=1S/C15H23NOS/c1-4-13(5-2)16-15(17)10-11-18-14-8-6-12(3)7-9-14/h6-9,13H,4-5,10-11H2,1-3H3,(H,16,17). The maximum absolute atomic E-state index is 11.7. The summed E-state index contributed by atoms with van der Waals surface area (Å²) in [4.78, 5) is 12.9. The lowest BCUT2D eigenvalue weighted by Crippen LogP contribution is -2.33. The van der Waals surface area contributed by atoms with Gasteiger partial charge < -0.3 is 5.32 Å². The Morgan fingerprint density at radius 2 is 1.83 bits per heavy atom. The van der Waals surface area contributed by atoms with Gasteiger partial charge in [-0.15, -0.1) is 11.8 Å². The van der Waals surface area contributed by atoms with Crippen LogP contribution in [-0.2, 0) is 4.79 Å². The number of carbonyl (C=O) groups excluding carboxylic acids is 1. The van der Waals surface area contributed by atoms with Crippen molar-refractivity contribution in [1.29, 1.82) is 0 Å². The summed E-state index contributed by atoms with van der Waals surface area (Å²) < 4.78 is 0. The summed E-state index contributed by atoms with van der Waals surface area (Å²) in [7, 11) is 0. The van der Waals surface area contributed by atoms with E-state index in [0.717, 1.165) is 18.6 Å². The van der Waals surface area contributed by atoms with Crippen LogP contribution in [0.15, 0.2) is 29.2 Å². The van der Waals surface area contributed by atoms with Gasteiger partial charge in [0.2, 0.25) is 5.91 Å². The minimum Gasteiger partial charge on any atom is -0.353 e. The molecule has 1 rings (SSSR count). The van der Waals surface area contributed by atoms with Crippen molar-refractivity contribution in [1.82, 2.24) is 5.32 Å². The summed E-state index contributed by atoms with van der Waals surface area (Å²) in [6, 6.07) is 8.76. The molecule has 1 aromatic rings. The van der Waals surface area contributed by atoms with Crippen molar-refractivity contribution in [2.45, 2.75) is 51.0 Å². The zero-order valence-corrected chi connectivity index (χ0v) is 12.3. The van der Waals surface area contributed by atoms with Gasteiger partial charge in [-0.2, -0.15) is 0 Å². The molecule has 0 saturated heterocycles. The predicted molar refractivity (Wildman–Crippen MR) is 79.0 cm³/mol. The van der Waals surface area contributed by atoms with Gasteiger partial charge in [-0.1, -0.05) is 31.5 Å². The summed E-state index contributed by atoms with van der Waals surface area (Å²) in [6.07, 6.45) is 2.61. The highest BCUT2D eigenvalue weighted by Crippen LogP contribution is 2.18. The van der Waals surface area contributed by atoms with Crippen LogP contribution in [-0.4, -0.2) is 17.7 Å². The van der Waals surface area contributed by atoms with Crippen molar-refractivity contribution in [3.63, 3.8) is 0 Å². The monoisotopic (exact) mass is 265 g/mol. The third-order valence-corrected chi connectivity index (χ3v) is 3.98. The molecule has 1 N–H and O–H groups in total. The smallest absolute Gasteiger partial charge is 0.221 e. The molecule has 0 unspecified atom stereocenters. The van der Waals surface area contributed by atoms with Crippen molar-refractivity contribution >= 4 is 17.7 Å². The Balaban J connectivity index is 2.25. The third-order valence-electron chi connectivity index (χ3n) is 2.97. The lowest BCUT2D eigenvalue weighted by molar-refractivity contribution is -0.121. The van der Waals surface area contributed by atoms with Crippen molar-refractivity contribution in [2.24, 2.45) is 0 Å². The van der Waals surface area contributed by atoms with Crippen LogP contribution in [0.3, 0.4) is 0 Å². The van der Waals surface area contributed by atoms with Gasteiger partial charge in [-0.25, -0.2) is 0 Å². The van der Waals surface area contributed by atoms with Crippen molar-refractivity contribution < 1.29 is 4.79 Å². The van der Waals surface area contributed by atoms with Crippen LogP contribution in [0.2, 0.25) is 0 Å². The third kappa shape index (κ3) is 5.58. The van der Waals surface area contributed by atoms with Gasteiger partial charge in [0.15, 0.2) is 0 Å². The second-order valence-electron chi connectivity index (χ2n) is 4.49. The molecule has 0 heterocycles. The summed E-state index contributed by atoms with van der Waals surface area (Å²) in [6.45, 7) is 6.29. The summed E-state index contributed by atoms with van der Waals surface area (Å²) in [5.74, 6) is 1.01. The highest BCUT2D eigenvalue weighted by Gasteiger charge is 2.07. The molecule has 0 aliphatic heterocycles. The lowest BCUT2D eigenvalue weighted by atomic mass is 10.2. The van der Waals surface area contributed by atoms with Gasteiger partial charge >= 0.3 is 0 Å². The van der Waals surface area contributed by atoms with Crippen molar-refractivity contribution in [3.8, 4) is 0 Å². The van der Waals surface area contributed by atoms with Crippen LogP contribution >= 0.6 is 11.8 Å². The number of hydrogen-bond donors (Lipinski definition) is 1. The molecular weight excluding hydrogens is 242 g/mol. The molecule has 1 aromatic carbocycles. The average molecular weight is 265 g/mol. The number of carbonyl (C=O) groups is 1. The second-order valence-corrected chi connectivity index (χ2v) is 5.66. The van der Waals surface area contributed by atoms with Gasteiger partial charge in [0.1, 0.15) is 0 Å². The van der Waals surface area contributed by atoms with E-state index < -0.39 is 0 Å². The Bertz CT molecular complexity index is 357. The Hall–Kier alpha value is -0.960. The highest BCUT2D eigenvalue weighted by atomic mass is 32.2. The molecule has 0 bridgehead atoms. The molecule has 3 heteroatoms. The van der Waals surface area contributed by atoms with Crippen LogP contribution in [0.25, 0.3) is 0 Å². The van der Waals surface area contributed by atoms with Gasteiger partial charge in [0.25, 0.3) is 0 Å². The van der Waals surface area contributed by atoms with Crippen LogP contribution in [0.1, 0.15) is 38.7 Å². The Labute approximate surface area is 115 Å². The summed E-state index contributed by atoms with van der Waals surface area (Å²) in [5, 5.41) is 3.06. The molecule has 0 aliphatic rings. The normalized spacial score (nSPS) is 10.7. The fraction of sp³-hybridized carbons (Fsp3) is 0.533. The Kier molecular flexibility index (Phi) is 6.88. The van der Waals surface area contributed by atoms with E-state index in [9.17, 15) is 4.79 Å². The van der Waals surface area contributed by atoms with Gasteiger partial charge in [-0.3, -0.25) is 4.79 Å². The SMILES string of the molecule is CCC(CC)NC(=O)CCSc1ccc(C)cc1. The molecule has 0 aliphatic carbocycles. The minimum absolute atomic E-state index is 0.170. The molecule has 0 spiro atoms. The molecule has 0 aromatic heterocycles. The van der Waals surface area contributed by atoms with E-state index in [4.69, 9.17) is 0 Å². The van der Waals surface area contributed by atoms with E-state index in [1.807, 2.05) is 0 Å². The van der Waals surface area contributed by atoms with Crippen LogP contribution in [0, 0.1) is 6.92 Å². The summed E-state index contributed by atoms with van der Waals surface area (Å²) >= 11 is 1.74. The maximum atomic E-state index is 11.7. The van der Waals surface area contributed by atoms with E-state index >= 15 is 0 Å². The van der Waals surface area contributed by atoms with Crippen LogP contribution < -0.4 is 5.32 Å². The minimum atomic E-state index is 0.170. The molecular formula is C15H23NOS. The molecule has 100 valence electrons. The number of rotatable bonds is 7. The van der Waals surface area contributed by atoms with E-state index in [1.165, 1.54) is 10.5 Å². The molecule has 0 radical (unpaired) electrons. The Morgan fingerprint density at radius 3 is 2.39 bits per heavy atom. The van der Waals surface area contributed by atoms with Gasteiger partial charge in [0, 0.05) is 23.1 Å². The van der Waals surface area contributed by atoms with Gasteiger partial charge in [0.05, 0.1) is 0 Å². The molecule has 1 amide bonds. The topological polar surface area (TPSA) is 29.1 Å². The first-order valence-corrected chi connectivity index (χ1v) is 7.63. The zero-order valence-electron chi connectivity index (χ0n) is 11.5. The largest absolute Gasteiger partial charge is 0.353 e.